The molecule has 0 aliphatic rings. The predicted octanol–water partition coefficient (Wildman–Crippen LogP) is 4.47. The quantitative estimate of drug-likeness (QED) is 0.620. The van der Waals surface area contributed by atoms with Crippen LogP contribution in [0.5, 0.6) is 0 Å². The van der Waals surface area contributed by atoms with Crippen molar-refractivity contribution in [1.82, 2.24) is 0 Å². The topological polar surface area (TPSA) is 13.1 Å². The van der Waals surface area contributed by atoms with Gasteiger partial charge in [-0.25, -0.2) is 0 Å². The summed E-state index contributed by atoms with van der Waals surface area (Å²) >= 11 is 16.7. The molecule has 0 amide bonds. The van der Waals surface area contributed by atoms with Gasteiger partial charge >= 0.3 is 0 Å². The Morgan fingerprint density at radius 2 is 1.85 bits per heavy atom. The lowest BCUT2D eigenvalue weighted by molar-refractivity contribution is 0.606. The van der Waals surface area contributed by atoms with E-state index in [1.807, 2.05) is 18.2 Å². The van der Waals surface area contributed by atoms with E-state index in [0.29, 0.717) is 15.1 Å². The van der Waals surface area contributed by atoms with Crippen LogP contribution in [-0.2, 0) is 0 Å². The van der Waals surface area contributed by atoms with Gasteiger partial charge < -0.3 is 4.42 Å². The molecule has 0 spiro atoms. The zero-order valence-corrected chi connectivity index (χ0v) is 8.71. The molecule has 0 unspecified atom stereocenters. The summed E-state index contributed by atoms with van der Waals surface area (Å²) in [5.74, 6) is 0. The van der Waals surface area contributed by atoms with Gasteiger partial charge in [-0.15, -0.1) is 0 Å². The van der Waals surface area contributed by atoms with Crippen LogP contribution in [-0.4, -0.2) is 0 Å². The molecule has 66 valence electrons. The van der Waals surface area contributed by atoms with Crippen LogP contribution in [0.25, 0.3) is 11.0 Å². The third kappa shape index (κ3) is 1.46. The van der Waals surface area contributed by atoms with Crippen LogP contribution in [0, 0.1) is 4.51 Å². The summed E-state index contributed by atoms with van der Waals surface area (Å²) in [5, 5.41) is 1.26. The van der Waals surface area contributed by atoms with E-state index in [2.05, 4.69) is 0 Å². The van der Waals surface area contributed by atoms with E-state index in [0.717, 1.165) is 5.39 Å². The molecular formula is C9H4Cl2OS. The molecule has 1 heterocycles. The fraction of sp³-hybridized carbons (Fsp3) is 0. The van der Waals surface area contributed by atoms with Crippen molar-refractivity contribution in [1.29, 1.82) is 0 Å². The Balaban J connectivity index is 3.03. The van der Waals surface area contributed by atoms with Gasteiger partial charge in [-0.2, -0.15) is 0 Å². The summed E-state index contributed by atoms with van der Waals surface area (Å²) in [5.41, 5.74) is 0.655. The fourth-order valence-corrected chi connectivity index (χ4v) is 1.73. The van der Waals surface area contributed by atoms with Crippen LogP contribution in [0.1, 0.15) is 0 Å². The van der Waals surface area contributed by atoms with Gasteiger partial charge in [0.05, 0.1) is 4.51 Å². The lowest BCUT2D eigenvalue weighted by Gasteiger charge is -1.99. The van der Waals surface area contributed by atoms with Crippen LogP contribution in [0.4, 0.5) is 0 Å². The summed E-state index contributed by atoms with van der Waals surface area (Å²) < 4.78 is 5.78. The smallest absolute Gasteiger partial charge is 0.214 e. The molecule has 0 atom stereocenters. The van der Waals surface area contributed by atoms with Gasteiger partial charge in [-0.3, -0.25) is 0 Å². The molecule has 0 saturated heterocycles. The average molecular weight is 231 g/mol. The van der Waals surface area contributed by atoms with Crippen molar-refractivity contribution in [3.05, 3.63) is 39.0 Å². The molecule has 1 nitrogen and oxygen atoms in total. The van der Waals surface area contributed by atoms with Crippen molar-refractivity contribution in [2.45, 2.75) is 0 Å². The lowest BCUT2D eigenvalue weighted by atomic mass is 10.2. The maximum Gasteiger partial charge on any atom is 0.214 e. The second-order valence-corrected chi connectivity index (χ2v) is 3.64. The Labute approximate surface area is 89.9 Å². The molecule has 0 N–H and O–H groups in total. The van der Waals surface area contributed by atoms with E-state index in [1.54, 1.807) is 6.07 Å². The van der Waals surface area contributed by atoms with Crippen molar-refractivity contribution >= 4 is 46.4 Å². The minimum atomic E-state index is 0.144. The molecule has 0 bridgehead atoms. The van der Waals surface area contributed by atoms with Gasteiger partial charge in [0.2, 0.25) is 5.22 Å². The van der Waals surface area contributed by atoms with E-state index in [9.17, 15) is 0 Å². The highest BCUT2D eigenvalue weighted by Crippen LogP contribution is 2.29. The number of fused-ring (bicyclic) bond motifs is 1. The highest BCUT2D eigenvalue weighted by atomic mass is 35.5. The zero-order valence-electron chi connectivity index (χ0n) is 6.38. The number of halogens is 2. The monoisotopic (exact) mass is 230 g/mol. The highest BCUT2D eigenvalue weighted by molar-refractivity contribution is 7.71. The van der Waals surface area contributed by atoms with Crippen molar-refractivity contribution < 1.29 is 4.42 Å². The first-order chi connectivity index (χ1) is 6.20. The summed E-state index contributed by atoms with van der Waals surface area (Å²) in [4.78, 5) is 0. The Morgan fingerprint density at radius 1 is 1.15 bits per heavy atom. The first kappa shape index (κ1) is 9.00. The van der Waals surface area contributed by atoms with Crippen LogP contribution in [0.15, 0.2) is 28.7 Å². The minimum Gasteiger partial charge on any atom is -0.443 e. The van der Waals surface area contributed by atoms with Gasteiger partial charge in [0.15, 0.2) is 0 Å². The zero-order chi connectivity index (χ0) is 9.42. The maximum absolute atomic E-state index is 5.83. The van der Waals surface area contributed by atoms with Gasteiger partial charge in [0, 0.05) is 5.39 Å². The van der Waals surface area contributed by atoms with Crippen LogP contribution < -0.4 is 0 Å². The third-order valence-electron chi connectivity index (χ3n) is 1.70. The molecule has 0 fully saturated rings. The molecule has 0 radical (unpaired) electrons. The maximum atomic E-state index is 5.83. The molecule has 1 aromatic carbocycles. The summed E-state index contributed by atoms with van der Waals surface area (Å²) in [6.07, 6.45) is 0. The first-order valence-corrected chi connectivity index (χ1v) is 4.73. The van der Waals surface area contributed by atoms with E-state index in [1.165, 1.54) is 0 Å². The van der Waals surface area contributed by atoms with Gasteiger partial charge in [-0.1, -0.05) is 36.0 Å². The summed E-state index contributed by atoms with van der Waals surface area (Å²) in [6.45, 7) is 0. The molecule has 0 saturated carbocycles. The number of benzene rings is 1. The average Bonchev–Trinajstić information content (AvgIpc) is 2.15. The van der Waals surface area contributed by atoms with Crippen LogP contribution >= 0.6 is 35.4 Å². The Morgan fingerprint density at radius 3 is 2.62 bits per heavy atom. The normalized spacial score (nSPS) is 10.6. The molecule has 2 rings (SSSR count). The molecule has 4 heteroatoms. The standard InChI is InChI=1S/C9H4Cl2OS/c10-7-8(13)5-3-1-2-4-6(5)12-9(7)11/h1-4H. The summed E-state index contributed by atoms with van der Waals surface area (Å²) in [7, 11) is 0. The minimum absolute atomic E-state index is 0.144. The second kappa shape index (κ2) is 3.29. The molecule has 1 aromatic heterocycles. The number of hydrogen-bond acceptors (Lipinski definition) is 2. The van der Waals surface area contributed by atoms with Gasteiger partial charge in [0.1, 0.15) is 10.6 Å². The van der Waals surface area contributed by atoms with Crippen molar-refractivity contribution in [3.63, 3.8) is 0 Å². The SMILES string of the molecule is S=c1c(Cl)c(Cl)oc2ccccc12. The molecule has 0 aliphatic heterocycles. The second-order valence-electron chi connectivity index (χ2n) is 2.52. The Bertz CT molecular complexity index is 518. The lowest BCUT2D eigenvalue weighted by Crippen LogP contribution is -1.76. The third-order valence-corrected chi connectivity index (χ3v) is 2.96. The fourth-order valence-electron chi connectivity index (χ4n) is 1.09. The molecule has 13 heavy (non-hydrogen) atoms. The number of rotatable bonds is 0. The Kier molecular flexibility index (Phi) is 2.28. The highest BCUT2D eigenvalue weighted by Gasteiger charge is 2.06. The van der Waals surface area contributed by atoms with Crippen molar-refractivity contribution in [3.8, 4) is 0 Å². The number of para-hydroxylation sites is 1. The molecular weight excluding hydrogens is 227 g/mol. The predicted molar refractivity (Wildman–Crippen MR) is 57.1 cm³/mol. The van der Waals surface area contributed by atoms with Crippen molar-refractivity contribution in [2.24, 2.45) is 0 Å². The van der Waals surface area contributed by atoms with E-state index >= 15 is 0 Å². The molecule has 2 aromatic rings. The van der Waals surface area contributed by atoms with E-state index < -0.39 is 0 Å². The van der Waals surface area contributed by atoms with Gasteiger partial charge in [-0.05, 0) is 23.7 Å². The van der Waals surface area contributed by atoms with Crippen LogP contribution in [0.2, 0.25) is 10.2 Å². The molecule has 0 aliphatic carbocycles. The Hall–Kier alpha value is -0.570. The van der Waals surface area contributed by atoms with Crippen molar-refractivity contribution in [2.75, 3.05) is 0 Å². The van der Waals surface area contributed by atoms with E-state index in [-0.39, 0.29) is 5.22 Å². The largest absolute Gasteiger partial charge is 0.443 e. The van der Waals surface area contributed by atoms with Crippen LogP contribution in [0.3, 0.4) is 0 Å². The van der Waals surface area contributed by atoms with Gasteiger partial charge in [0.25, 0.3) is 0 Å². The first-order valence-electron chi connectivity index (χ1n) is 3.57. The van der Waals surface area contributed by atoms with E-state index in [4.69, 9.17) is 39.8 Å². The summed E-state index contributed by atoms with van der Waals surface area (Å²) in [6, 6.07) is 7.37. The number of hydrogen-bond donors (Lipinski definition) is 0.